The predicted octanol–water partition coefficient (Wildman–Crippen LogP) is 2.77. The van der Waals surface area contributed by atoms with E-state index in [4.69, 9.17) is 0 Å². The van der Waals surface area contributed by atoms with Gasteiger partial charge in [0, 0.05) is 44.0 Å². The number of urea groups is 1. The van der Waals surface area contributed by atoms with Crippen LogP contribution in [0.1, 0.15) is 18.5 Å². The summed E-state index contributed by atoms with van der Waals surface area (Å²) in [5, 5.41) is 18.1. The van der Waals surface area contributed by atoms with E-state index in [1.807, 2.05) is 37.3 Å². The van der Waals surface area contributed by atoms with E-state index in [0.717, 1.165) is 16.9 Å². The van der Waals surface area contributed by atoms with Crippen LogP contribution >= 0.6 is 0 Å². The monoisotopic (exact) mass is 421 g/mol. The zero-order valence-corrected chi connectivity index (χ0v) is 17.1. The lowest BCUT2D eigenvalue weighted by Gasteiger charge is -2.36. The highest BCUT2D eigenvalue weighted by Crippen LogP contribution is 2.22. The lowest BCUT2D eigenvalue weighted by molar-refractivity contribution is -0.384. The normalized spacial score (nSPS) is 14.9. The molecule has 1 fully saturated rings. The molecular weight excluding hydrogens is 398 g/mol. The van der Waals surface area contributed by atoms with Crippen molar-refractivity contribution in [1.29, 1.82) is 0 Å². The fourth-order valence-corrected chi connectivity index (χ4v) is 3.59. The zero-order chi connectivity index (χ0) is 21.8. The molecule has 31 heavy (non-hydrogen) atoms. The average molecular weight is 421 g/mol. The minimum Gasteiger partial charge on any atom is -0.368 e. The van der Waals surface area contributed by atoms with Gasteiger partial charge in [-0.1, -0.05) is 18.2 Å². The SMILES string of the molecule is CC(NC(=O)N1CCN(c2cccc([N+](=O)[O-])c2)CC1)c1ccc(-n2cncn2)cc1. The summed E-state index contributed by atoms with van der Waals surface area (Å²) in [5.41, 5.74) is 2.76. The Hall–Kier alpha value is -3.95. The molecule has 1 N–H and O–H groups in total. The fourth-order valence-electron chi connectivity index (χ4n) is 3.59. The van der Waals surface area contributed by atoms with Crippen LogP contribution in [0.5, 0.6) is 0 Å². The van der Waals surface area contributed by atoms with E-state index in [1.54, 1.807) is 28.0 Å². The summed E-state index contributed by atoms with van der Waals surface area (Å²) < 4.78 is 1.67. The van der Waals surface area contributed by atoms with Crippen molar-refractivity contribution in [2.45, 2.75) is 13.0 Å². The number of nitrogens with one attached hydrogen (secondary N) is 1. The van der Waals surface area contributed by atoms with Crippen molar-refractivity contribution in [2.75, 3.05) is 31.1 Å². The Morgan fingerprint density at radius 2 is 1.84 bits per heavy atom. The zero-order valence-electron chi connectivity index (χ0n) is 17.1. The van der Waals surface area contributed by atoms with Crippen molar-refractivity contribution in [3.63, 3.8) is 0 Å². The molecule has 2 heterocycles. The van der Waals surface area contributed by atoms with Crippen LogP contribution in [-0.2, 0) is 0 Å². The molecule has 1 aliphatic heterocycles. The van der Waals surface area contributed by atoms with E-state index in [1.165, 1.54) is 12.4 Å². The summed E-state index contributed by atoms with van der Waals surface area (Å²) in [5.74, 6) is 0. The summed E-state index contributed by atoms with van der Waals surface area (Å²) >= 11 is 0. The van der Waals surface area contributed by atoms with Gasteiger partial charge < -0.3 is 15.1 Å². The maximum Gasteiger partial charge on any atom is 0.317 e. The summed E-state index contributed by atoms with van der Waals surface area (Å²) in [7, 11) is 0. The van der Waals surface area contributed by atoms with Crippen LogP contribution in [0.25, 0.3) is 5.69 Å². The molecule has 0 radical (unpaired) electrons. The Morgan fingerprint density at radius 1 is 1.10 bits per heavy atom. The van der Waals surface area contributed by atoms with Gasteiger partial charge in [-0.25, -0.2) is 14.5 Å². The lowest BCUT2D eigenvalue weighted by atomic mass is 10.1. The van der Waals surface area contributed by atoms with Gasteiger partial charge in [0.05, 0.1) is 16.7 Å². The van der Waals surface area contributed by atoms with Crippen molar-refractivity contribution in [3.05, 3.63) is 76.9 Å². The number of benzene rings is 2. The first-order valence-electron chi connectivity index (χ1n) is 10.0. The first-order chi connectivity index (χ1) is 15.0. The molecule has 0 bridgehead atoms. The topological polar surface area (TPSA) is 109 Å². The molecule has 1 atom stereocenters. The number of piperazine rings is 1. The number of carbonyl (C=O) groups is 1. The molecule has 0 spiro atoms. The van der Waals surface area contributed by atoms with Crippen LogP contribution in [0.2, 0.25) is 0 Å². The third kappa shape index (κ3) is 4.63. The van der Waals surface area contributed by atoms with Gasteiger partial charge in [0.2, 0.25) is 0 Å². The van der Waals surface area contributed by atoms with E-state index >= 15 is 0 Å². The van der Waals surface area contributed by atoms with E-state index < -0.39 is 4.92 Å². The van der Waals surface area contributed by atoms with Crippen molar-refractivity contribution in [3.8, 4) is 5.69 Å². The fraction of sp³-hybridized carbons (Fsp3) is 0.286. The summed E-state index contributed by atoms with van der Waals surface area (Å²) in [6.07, 6.45) is 3.11. The second-order valence-corrected chi connectivity index (χ2v) is 7.35. The third-order valence-electron chi connectivity index (χ3n) is 5.39. The van der Waals surface area contributed by atoms with E-state index in [0.29, 0.717) is 26.2 Å². The Bertz CT molecular complexity index is 1050. The number of nitro benzene ring substituents is 1. The molecule has 1 unspecified atom stereocenters. The lowest BCUT2D eigenvalue weighted by Crippen LogP contribution is -2.52. The minimum absolute atomic E-state index is 0.0707. The molecule has 1 aliphatic rings. The number of hydrogen-bond donors (Lipinski definition) is 1. The number of hydrogen-bond acceptors (Lipinski definition) is 6. The predicted molar refractivity (Wildman–Crippen MR) is 115 cm³/mol. The molecule has 1 aromatic heterocycles. The Labute approximate surface area is 179 Å². The molecule has 10 nitrogen and oxygen atoms in total. The van der Waals surface area contributed by atoms with Gasteiger partial charge >= 0.3 is 6.03 Å². The van der Waals surface area contributed by atoms with Gasteiger partial charge in [-0.2, -0.15) is 5.10 Å². The van der Waals surface area contributed by atoms with Gasteiger partial charge in [0.1, 0.15) is 12.7 Å². The molecule has 0 aliphatic carbocycles. The first kappa shape index (κ1) is 20.3. The molecule has 3 aromatic rings. The van der Waals surface area contributed by atoms with E-state index in [-0.39, 0.29) is 17.8 Å². The molecule has 2 aromatic carbocycles. The number of aromatic nitrogens is 3. The largest absolute Gasteiger partial charge is 0.368 e. The van der Waals surface area contributed by atoms with Crippen molar-refractivity contribution >= 4 is 17.4 Å². The molecule has 10 heteroatoms. The van der Waals surface area contributed by atoms with Gasteiger partial charge in [-0.05, 0) is 30.7 Å². The standard InChI is InChI=1S/C21H23N7O3/c1-16(17-5-7-18(8-6-17)27-15-22-14-23-27)24-21(29)26-11-9-25(10-12-26)19-3-2-4-20(13-19)28(30)31/h2-8,13-16H,9-12H2,1H3,(H,24,29). The number of rotatable bonds is 5. The van der Waals surface area contributed by atoms with Crippen molar-refractivity contribution in [1.82, 2.24) is 25.0 Å². The number of carbonyl (C=O) groups excluding carboxylic acids is 1. The molecular formula is C21H23N7O3. The molecule has 0 saturated carbocycles. The van der Waals surface area contributed by atoms with Crippen LogP contribution in [0.3, 0.4) is 0 Å². The van der Waals surface area contributed by atoms with Gasteiger partial charge in [0.15, 0.2) is 0 Å². The Balaban J connectivity index is 1.31. The Morgan fingerprint density at radius 3 is 2.48 bits per heavy atom. The highest BCUT2D eigenvalue weighted by Gasteiger charge is 2.23. The molecule has 4 rings (SSSR count). The van der Waals surface area contributed by atoms with Gasteiger partial charge in [-0.15, -0.1) is 0 Å². The van der Waals surface area contributed by atoms with Crippen molar-refractivity contribution < 1.29 is 9.72 Å². The van der Waals surface area contributed by atoms with Crippen molar-refractivity contribution in [2.24, 2.45) is 0 Å². The summed E-state index contributed by atoms with van der Waals surface area (Å²) in [4.78, 5) is 31.1. The smallest absolute Gasteiger partial charge is 0.317 e. The van der Waals surface area contributed by atoms with Crippen LogP contribution in [0, 0.1) is 10.1 Å². The number of amides is 2. The Kier molecular flexibility index (Phi) is 5.78. The maximum atomic E-state index is 12.7. The van der Waals surface area contributed by atoms with Crippen LogP contribution in [0.15, 0.2) is 61.2 Å². The third-order valence-corrected chi connectivity index (χ3v) is 5.39. The minimum atomic E-state index is -0.396. The molecule has 2 amide bonds. The second-order valence-electron chi connectivity index (χ2n) is 7.35. The maximum absolute atomic E-state index is 12.7. The van der Waals surface area contributed by atoms with Gasteiger partial charge in [-0.3, -0.25) is 10.1 Å². The van der Waals surface area contributed by atoms with E-state index in [9.17, 15) is 14.9 Å². The van der Waals surface area contributed by atoms with Gasteiger partial charge in [0.25, 0.3) is 5.69 Å². The summed E-state index contributed by atoms with van der Waals surface area (Å²) in [6.45, 7) is 4.28. The molecule has 1 saturated heterocycles. The average Bonchev–Trinajstić information content (AvgIpc) is 3.34. The summed E-state index contributed by atoms with van der Waals surface area (Å²) in [6, 6.07) is 14.1. The highest BCUT2D eigenvalue weighted by atomic mass is 16.6. The second kappa shape index (κ2) is 8.82. The van der Waals surface area contributed by atoms with Crippen LogP contribution < -0.4 is 10.2 Å². The molecule has 160 valence electrons. The number of anilines is 1. The highest BCUT2D eigenvalue weighted by molar-refractivity contribution is 5.75. The first-order valence-corrected chi connectivity index (χ1v) is 10.0. The number of nitrogens with zero attached hydrogens (tertiary/aromatic N) is 6. The van der Waals surface area contributed by atoms with Crippen LogP contribution in [0.4, 0.5) is 16.2 Å². The quantitative estimate of drug-likeness (QED) is 0.501. The van der Waals surface area contributed by atoms with Crippen LogP contribution in [-0.4, -0.2) is 56.8 Å². The number of non-ortho nitro benzene ring substituents is 1. The number of nitro groups is 1. The van der Waals surface area contributed by atoms with E-state index in [2.05, 4.69) is 20.3 Å².